The van der Waals surface area contributed by atoms with Crippen molar-refractivity contribution in [3.8, 4) is 11.8 Å². The Morgan fingerprint density at radius 1 is 1.33 bits per heavy atom. The summed E-state index contributed by atoms with van der Waals surface area (Å²) in [5.41, 5.74) is 0.444. The van der Waals surface area contributed by atoms with Crippen LogP contribution in [0.15, 0.2) is 17.0 Å². The number of rotatable bonds is 5. The van der Waals surface area contributed by atoms with Crippen LogP contribution in [0.3, 0.4) is 0 Å². The van der Waals surface area contributed by atoms with Crippen LogP contribution in [0.1, 0.15) is 32.3 Å². The SMILES string of the molecule is CCCC(C)NS(=O)(=O)c1c(Cl)cc(C#CCO)cc1Cl. The van der Waals surface area contributed by atoms with E-state index in [2.05, 4.69) is 16.6 Å². The largest absolute Gasteiger partial charge is 0.384 e. The Morgan fingerprint density at radius 3 is 2.38 bits per heavy atom. The maximum atomic E-state index is 12.3. The molecule has 0 aliphatic carbocycles. The Labute approximate surface area is 135 Å². The Kier molecular flexibility index (Phi) is 6.98. The topological polar surface area (TPSA) is 66.4 Å². The van der Waals surface area contributed by atoms with Crippen molar-refractivity contribution in [1.82, 2.24) is 4.72 Å². The lowest BCUT2D eigenvalue weighted by molar-refractivity contribution is 0.350. The predicted octanol–water partition coefficient (Wildman–Crippen LogP) is 2.80. The fraction of sp³-hybridized carbons (Fsp3) is 0.429. The van der Waals surface area contributed by atoms with Crippen LogP contribution in [0.2, 0.25) is 10.0 Å². The van der Waals surface area contributed by atoms with Crippen molar-refractivity contribution in [3.05, 3.63) is 27.7 Å². The zero-order valence-corrected chi connectivity index (χ0v) is 14.1. The van der Waals surface area contributed by atoms with Crippen LogP contribution in [0.5, 0.6) is 0 Å². The van der Waals surface area contributed by atoms with Gasteiger partial charge in [0.2, 0.25) is 10.0 Å². The summed E-state index contributed by atoms with van der Waals surface area (Å²) in [6, 6.07) is 2.62. The van der Waals surface area contributed by atoms with Gasteiger partial charge in [-0.1, -0.05) is 48.4 Å². The molecule has 4 nitrogen and oxygen atoms in total. The fourth-order valence-electron chi connectivity index (χ4n) is 1.85. The summed E-state index contributed by atoms with van der Waals surface area (Å²) in [4.78, 5) is -0.150. The molecule has 7 heteroatoms. The third-order valence-electron chi connectivity index (χ3n) is 2.66. The zero-order valence-electron chi connectivity index (χ0n) is 11.8. The van der Waals surface area contributed by atoms with E-state index in [0.717, 1.165) is 6.42 Å². The van der Waals surface area contributed by atoms with Gasteiger partial charge < -0.3 is 5.11 Å². The van der Waals surface area contributed by atoms with Crippen LogP contribution in [0.4, 0.5) is 0 Å². The van der Waals surface area contributed by atoms with Crippen molar-refractivity contribution >= 4 is 33.2 Å². The predicted molar refractivity (Wildman–Crippen MR) is 85.1 cm³/mol. The van der Waals surface area contributed by atoms with Gasteiger partial charge in [0.15, 0.2) is 0 Å². The smallest absolute Gasteiger partial charge is 0.243 e. The third-order valence-corrected chi connectivity index (χ3v) is 5.17. The minimum atomic E-state index is -3.79. The molecule has 0 amide bonds. The van der Waals surface area contributed by atoms with E-state index < -0.39 is 10.0 Å². The molecule has 1 aromatic rings. The molecular weight excluding hydrogens is 333 g/mol. The van der Waals surface area contributed by atoms with Gasteiger partial charge in [0.1, 0.15) is 11.5 Å². The second-order valence-corrected chi connectivity index (χ2v) is 7.01. The molecule has 2 N–H and O–H groups in total. The maximum Gasteiger partial charge on any atom is 0.243 e. The molecule has 0 saturated heterocycles. The first-order chi connectivity index (χ1) is 9.81. The lowest BCUT2D eigenvalue weighted by atomic mass is 10.2. The Morgan fingerprint density at radius 2 is 1.90 bits per heavy atom. The van der Waals surface area contributed by atoms with Gasteiger partial charge in [0, 0.05) is 11.6 Å². The molecule has 1 atom stereocenters. The van der Waals surface area contributed by atoms with Crippen molar-refractivity contribution in [2.75, 3.05) is 6.61 Å². The van der Waals surface area contributed by atoms with Crippen LogP contribution < -0.4 is 4.72 Å². The average molecular weight is 350 g/mol. The molecule has 0 aliphatic rings. The van der Waals surface area contributed by atoms with Crippen LogP contribution in [-0.4, -0.2) is 26.2 Å². The van der Waals surface area contributed by atoms with E-state index in [0.29, 0.717) is 12.0 Å². The first kappa shape index (κ1) is 18.3. The average Bonchev–Trinajstić information content (AvgIpc) is 2.34. The normalized spacial score (nSPS) is 12.6. The molecule has 0 aliphatic heterocycles. The molecule has 0 fully saturated rings. The van der Waals surface area contributed by atoms with Crippen LogP contribution in [-0.2, 0) is 10.0 Å². The van der Waals surface area contributed by atoms with E-state index >= 15 is 0 Å². The number of aliphatic hydroxyl groups excluding tert-OH is 1. The second-order valence-electron chi connectivity index (χ2n) is 4.54. The van der Waals surface area contributed by atoms with Gasteiger partial charge in [-0.25, -0.2) is 13.1 Å². The third kappa shape index (κ3) is 5.17. The minimum Gasteiger partial charge on any atom is -0.384 e. The molecule has 0 aromatic heterocycles. The highest BCUT2D eigenvalue weighted by Crippen LogP contribution is 2.30. The first-order valence-electron chi connectivity index (χ1n) is 6.43. The maximum absolute atomic E-state index is 12.3. The van der Waals surface area contributed by atoms with E-state index in [1.54, 1.807) is 6.92 Å². The van der Waals surface area contributed by atoms with E-state index in [1.807, 2.05) is 6.92 Å². The number of halogens is 2. The summed E-state index contributed by atoms with van der Waals surface area (Å²) in [6.07, 6.45) is 1.58. The zero-order chi connectivity index (χ0) is 16.0. The molecule has 0 bridgehead atoms. The Hall–Kier alpha value is -0.770. The number of hydrogen-bond acceptors (Lipinski definition) is 3. The summed E-state index contributed by atoms with van der Waals surface area (Å²) < 4.78 is 27.2. The Balaban J connectivity index is 3.19. The molecule has 0 heterocycles. The number of nitrogens with one attached hydrogen (secondary N) is 1. The molecule has 116 valence electrons. The van der Waals surface area contributed by atoms with Crippen molar-refractivity contribution in [2.45, 2.75) is 37.6 Å². The lowest BCUT2D eigenvalue weighted by Crippen LogP contribution is -2.32. The summed E-state index contributed by atoms with van der Waals surface area (Å²) in [7, 11) is -3.79. The highest BCUT2D eigenvalue weighted by atomic mass is 35.5. The van der Waals surface area contributed by atoms with Gasteiger partial charge in [-0.2, -0.15) is 0 Å². The standard InChI is InChI=1S/C14H17Cl2NO3S/c1-3-5-10(2)17-21(19,20)14-12(15)8-11(6-4-7-18)9-13(14)16/h8-10,17-18H,3,5,7H2,1-2H3. The van der Waals surface area contributed by atoms with Crippen molar-refractivity contribution in [3.63, 3.8) is 0 Å². The molecule has 0 spiro atoms. The summed E-state index contributed by atoms with van der Waals surface area (Å²) in [5.74, 6) is 5.08. The molecule has 0 saturated carbocycles. The van der Waals surface area contributed by atoms with Gasteiger partial charge in [-0.15, -0.1) is 0 Å². The lowest BCUT2D eigenvalue weighted by Gasteiger charge is -2.15. The number of hydrogen-bond donors (Lipinski definition) is 2. The highest BCUT2D eigenvalue weighted by molar-refractivity contribution is 7.89. The number of sulfonamides is 1. The van der Waals surface area contributed by atoms with Crippen molar-refractivity contribution in [2.24, 2.45) is 0 Å². The number of aliphatic hydroxyl groups is 1. The molecule has 1 rings (SSSR count). The highest BCUT2D eigenvalue weighted by Gasteiger charge is 2.24. The van der Waals surface area contributed by atoms with Gasteiger partial charge in [-0.05, 0) is 25.5 Å². The fourth-order valence-corrected chi connectivity index (χ4v) is 4.34. The van der Waals surface area contributed by atoms with E-state index in [4.69, 9.17) is 28.3 Å². The summed E-state index contributed by atoms with van der Waals surface area (Å²) in [5, 5.41) is 8.66. The molecular formula is C14H17Cl2NO3S. The monoisotopic (exact) mass is 349 g/mol. The summed E-state index contributed by atoms with van der Waals surface area (Å²) >= 11 is 12.0. The Bertz CT molecular complexity index is 640. The molecule has 1 aromatic carbocycles. The van der Waals surface area contributed by atoms with Crippen molar-refractivity contribution < 1.29 is 13.5 Å². The van der Waals surface area contributed by atoms with Gasteiger partial charge >= 0.3 is 0 Å². The quantitative estimate of drug-likeness (QED) is 0.803. The van der Waals surface area contributed by atoms with Crippen LogP contribution in [0.25, 0.3) is 0 Å². The molecule has 0 radical (unpaired) electrons. The summed E-state index contributed by atoms with van der Waals surface area (Å²) in [6.45, 7) is 3.45. The van der Waals surface area contributed by atoms with Crippen LogP contribution >= 0.6 is 23.2 Å². The minimum absolute atomic E-state index is 0.000869. The first-order valence-corrected chi connectivity index (χ1v) is 8.66. The van der Waals surface area contributed by atoms with Gasteiger partial charge in [-0.3, -0.25) is 0 Å². The number of benzene rings is 1. The van der Waals surface area contributed by atoms with E-state index in [-0.39, 0.29) is 27.6 Å². The second kappa shape index (κ2) is 8.02. The van der Waals surface area contributed by atoms with E-state index in [1.165, 1.54) is 12.1 Å². The van der Waals surface area contributed by atoms with Gasteiger partial charge in [0.25, 0.3) is 0 Å². The van der Waals surface area contributed by atoms with Crippen molar-refractivity contribution in [1.29, 1.82) is 0 Å². The van der Waals surface area contributed by atoms with Crippen LogP contribution in [0, 0.1) is 11.8 Å². The van der Waals surface area contributed by atoms with Gasteiger partial charge in [0.05, 0.1) is 10.0 Å². The van der Waals surface area contributed by atoms with E-state index in [9.17, 15) is 8.42 Å². The molecule has 1 unspecified atom stereocenters. The molecule has 21 heavy (non-hydrogen) atoms.